The van der Waals surface area contributed by atoms with Gasteiger partial charge in [0.1, 0.15) is 17.3 Å². The molecule has 4 aromatic rings. The molecule has 182 valence electrons. The number of carbonyl (C=O) groups excluding carboxylic acids is 1. The van der Waals surface area contributed by atoms with Crippen molar-refractivity contribution in [1.82, 2.24) is 14.9 Å². The van der Waals surface area contributed by atoms with E-state index in [1.54, 1.807) is 24.3 Å². The lowest BCUT2D eigenvalue weighted by Crippen LogP contribution is -2.32. The molecule has 0 aliphatic heterocycles. The van der Waals surface area contributed by atoms with Gasteiger partial charge >= 0.3 is 0 Å². The summed E-state index contributed by atoms with van der Waals surface area (Å²) in [6, 6.07) is 20.9. The number of fused-ring (bicyclic) bond motifs is 1. The highest BCUT2D eigenvalue weighted by Gasteiger charge is 2.18. The van der Waals surface area contributed by atoms with E-state index in [1.165, 1.54) is 11.1 Å². The van der Waals surface area contributed by atoms with Crippen molar-refractivity contribution < 1.29 is 14.3 Å². The summed E-state index contributed by atoms with van der Waals surface area (Å²) in [7, 11) is 0. The van der Waals surface area contributed by atoms with E-state index in [-0.39, 0.29) is 18.6 Å². The monoisotopic (exact) mass is 491 g/mol. The number of nitrogens with one attached hydrogen (secondary N) is 1. The summed E-state index contributed by atoms with van der Waals surface area (Å²) in [6.45, 7) is 7.30. The number of hydrogen-bond donors (Lipinski definition) is 1. The Labute approximate surface area is 210 Å². The largest absolute Gasteiger partial charge is 0.494 e. The molecular formula is C28H30ClN3O3. The summed E-state index contributed by atoms with van der Waals surface area (Å²) in [5, 5.41) is 3.62. The van der Waals surface area contributed by atoms with Gasteiger partial charge in [0.05, 0.1) is 23.7 Å². The molecule has 1 heterocycles. The van der Waals surface area contributed by atoms with Crippen LogP contribution in [0.5, 0.6) is 11.5 Å². The number of rotatable bonds is 10. The fraction of sp³-hybridized carbons (Fsp3) is 0.286. The third-order valence-corrected chi connectivity index (χ3v) is 5.87. The van der Waals surface area contributed by atoms with Crippen LogP contribution in [0.3, 0.4) is 0 Å². The number of nitrogens with zero attached hydrogens (tertiary/aromatic N) is 2. The number of benzene rings is 3. The maximum absolute atomic E-state index is 12.5. The molecule has 0 saturated heterocycles. The molecule has 0 aliphatic rings. The van der Waals surface area contributed by atoms with Crippen LogP contribution in [-0.2, 0) is 11.3 Å². The molecule has 0 fully saturated rings. The maximum Gasteiger partial charge on any atom is 0.258 e. The van der Waals surface area contributed by atoms with Gasteiger partial charge in [0.25, 0.3) is 5.91 Å². The van der Waals surface area contributed by atoms with Crippen LogP contribution in [0, 0.1) is 13.8 Å². The topological polar surface area (TPSA) is 65.4 Å². The van der Waals surface area contributed by atoms with Gasteiger partial charge < -0.3 is 19.4 Å². The van der Waals surface area contributed by atoms with Crippen molar-refractivity contribution in [3.63, 3.8) is 0 Å². The second kappa shape index (κ2) is 11.3. The average molecular weight is 492 g/mol. The molecule has 7 heteroatoms. The van der Waals surface area contributed by atoms with E-state index in [0.717, 1.165) is 35.6 Å². The molecule has 1 atom stereocenters. The highest BCUT2D eigenvalue weighted by molar-refractivity contribution is 6.30. The van der Waals surface area contributed by atoms with Crippen LogP contribution < -0.4 is 14.8 Å². The first kappa shape index (κ1) is 24.6. The van der Waals surface area contributed by atoms with Crippen molar-refractivity contribution in [2.24, 2.45) is 0 Å². The lowest BCUT2D eigenvalue weighted by atomic mass is 10.1. The maximum atomic E-state index is 12.5. The first-order valence-electron chi connectivity index (χ1n) is 11.7. The molecule has 0 aliphatic carbocycles. The molecule has 1 amide bonds. The van der Waals surface area contributed by atoms with E-state index in [2.05, 4.69) is 48.0 Å². The minimum atomic E-state index is -0.288. The lowest BCUT2D eigenvalue weighted by molar-refractivity contribution is -0.123. The van der Waals surface area contributed by atoms with Gasteiger partial charge in [0, 0.05) is 11.6 Å². The first-order valence-corrected chi connectivity index (χ1v) is 12.1. The number of aromatic nitrogens is 2. The van der Waals surface area contributed by atoms with E-state index in [4.69, 9.17) is 26.1 Å². The van der Waals surface area contributed by atoms with E-state index < -0.39 is 0 Å². The molecule has 35 heavy (non-hydrogen) atoms. The number of hydrogen-bond acceptors (Lipinski definition) is 4. The standard InChI is InChI=1S/C28H30ClN3O3/c1-19-15-20(2)17-24(16-19)34-14-6-13-32-26-8-5-4-7-25(26)31-28(32)21(3)30-27(33)18-35-23-11-9-22(29)10-12-23/h4-5,7-12,15-17,21H,6,13-14,18H2,1-3H3,(H,30,33). The molecular weight excluding hydrogens is 462 g/mol. The number of amides is 1. The van der Waals surface area contributed by atoms with E-state index >= 15 is 0 Å². The van der Waals surface area contributed by atoms with Gasteiger partial charge in [-0.3, -0.25) is 4.79 Å². The Morgan fingerprint density at radius 1 is 1.00 bits per heavy atom. The first-order chi connectivity index (χ1) is 16.9. The van der Waals surface area contributed by atoms with Gasteiger partial charge in [0.15, 0.2) is 6.61 Å². The minimum Gasteiger partial charge on any atom is -0.494 e. The number of imidazole rings is 1. The lowest BCUT2D eigenvalue weighted by Gasteiger charge is -2.17. The van der Waals surface area contributed by atoms with Crippen LogP contribution in [0.4, 0.5) is 0 Å². The van der Waals surface area contributed by atoms with Crippen molar-refractivity contribution in [2.75, 3.05) is 13.2 Å². The van der Waals surface area contributed by atoms with Crippen LogP contribution in [-0.4, -0.2) is 28.7 Å². The fourth-order valence-electron chi connectivity index (χ4n) is 4.12. The Morgan fingerprint density at radius 3 is 2.46 bits per heavy atom. The van der Waals surface area contributed by atoms with Crippen LogP contribution in [0.1, 0.15) is 36.3 Å². The summed E-state index contributed by atoms with van der Waals surface area (Å²) < 4.78 is 13.7. The van der Waals surface area contributed by atoms with Gasteiger partial charge in [-0.05, 0) is 86.8 Å². The number of aryl methyl sites for hydroxylation is 3. The molecule has 1 unspecified atom stereocenters. The van der Waals surface area contributed by atoms with Crippen LogP contribution in [0.15, 0.2) is 66.7 Å². The Morgan fingerprint density at radius 2 is 1.71 bits per heavy atom. The smallest absolute Gasteiger partial charge is 0.258 e. The molecule has 4 rings (SSSR count). The average Bonchev–Trinajstić information content (AvgIpc) is 3.20. The highest BCUT2D eigenvalue weighted by Crippen LogP contribution is 2.22. The number of para-hydroxylation sites is 2. The van der Waals surface area contributed by atoms with Crippen LogP contribution in [0.25, 0.3) is 11.0 Å². The van der Waals surface area contributed by atoms with Crippen molar-refractivity contribution in [3.05, 3.63) is 88.7 Å². The molecule has 0 saturated carbocycles. The summed E-state index contributed by atoms with van der Waals surface area (Å²) in [5.74, 6) is 2.06. The van der Waals surface area contributed by atoms with Gasteiger partial charge in [-0.25, -0.2) is 4.98 Å². The Balaban J connectivity index is 1.39. The normalized spacial score (nSPS) is 11.9. The Hall–Kier alpha value is -3.51. The predicted molar refractivity (Wildman–Crippen MR) is 139 cm³/mol. The number of carbonyl (C=O) groups is 1. The predicted octanol–water partition coefficient (Wildman–Crippen LogP) is 6.03. The minimum absolute atomic E-state index is 0.0874. The Bertz CT molecular complexity index is 1280. The number of ether oxygens (including phenoxy) is 2. The fourth-order valence-corrected chi connectivity index (χ4v) is 4.24. The van der Waals surface area contributed by atoms with Gasteiger partial charge in [-0.15, -0.1) is 0 Å². The quantitative estimate of drug-likeness (QED) is 0.275. The zero-order chi connectivity index (χ0) is 24.8. The molecule has 0 spiro atoms. The van der Waals surface area contributed by atoms with Gasteiger partial charge in [-0.1, -0.05) is 29.8 Å². The molecule has 6 nitrogen and oxygen atoms in total. The van der Waals surface area contributed by atoms with E-state index in [1.807, 2.05) is 25.1 Å². The molecule has 1 aromatic heterocycles. The van der Waals surface area contributed by atoms with Crippen LogP contribution >= 0.6 is 11.6 Å². The highest BCUT2D eigenvalue weighted by atomic mass is 35.5. The zero-order valence-electron chi connectivity index (χ0n) is 20.3. The molecule has 1 N–H and O–H groups in total. The van der Waals surface area contributed by atoms with Crippen molar-refractivity contribution >= 4 is 28.5 Å². The van der Waals surface area contributed by atoms with Gasteiger partial charge in [-0.2, -0.15) is 0 Å². The summed E-state index contributed by atoms with van der Waals surface area (Å²) in [4.78, 5) is 17.4. The summed E-state index contributed by atoms with van der Waals surface area (Å²) in [6.07, 6.45) is 0.806. The Kier molecular flexibility index (Phi) is 7.93. The van der Waals surface area contributed by atoms with Crippen molar-refractivity contribution in [3.8, 4) is 11.5 Å². The summed E-state index contributed by atoms with van der Waals surface area (Å²) >= 11 is 5.90. The van der Waals surface area contributed by atoms with Crippen molar-refractivity contribution in [1.29, 1.82) is 0 Å². The second-order valence-corrected chi connectivity index (χ2v) is 9.10. The van der Waals surface area contributed by atoms with Crippen molar-refractivity contribution in [2.45, 2.75) is 39.8 Å². The van der Waals surface area contributed by atoms with Crippen LogP contribution in [0.2, 0.25) is 5.02 Å². The van der Waals surface area contributed by atoms with E-state index in [9.17, 15) is 4.79 Å². The third-order valence-electron chi connectivity index (χ3n) is 5.62. The number of halogens is 1. The van der Waals surface area contributed by atoms with Gasteiger partial charge in [0.2, 0.25) is 0 Å². The summed E-state index contributed by atoms with van der Waals surface area (Å²) in [5.41, 5.74) is 4.31. The SMILES string of the molecule is Cc1cc(C)cc(OCCCn2c(C(C)NC(=O)COc3ccc(Cl)cc3)nc3ccccc32)c1. The second-order valence-electron chi connectivity index (χ2n) is 8.67. The zero-order valence-corrected chi connectivity index (χ0v) is 21.0. The molecule has 3 aromatic carbocycles. The molecule has 0 radical (unpaired) electrons. The third kappa shape index (κ3) is 6.55. The molecule has 0 bridgehead atoms. The van der Waals surface area contributed by atoms with E-state index in [0.29, 0.717) is 17.4 Å².